The van der Waals surface area contributed by atoms with Crippen LogP contribution in [0, 0.1) is 0 Å². The van der Waals surface area contributed by atoms with Crippen molar-refractivity contribution >= 4 is 11.9 Å². The van der Waals surface area contributed by atoms with Gasteiger partial charge in [0.05, 0.1) is 11.1 Å². The Morgan fingerprint density at radius 2 is 1.59 bits per heavy atom. The number of carboxylic acid groups (broad SMARTS) is 2. The van der Waals surface area contributed by atoms with Crippen molar-refractivity contribution < 1.29 is 19.8 Å². The van der Waals surface area contributed by atoms with Crippen LogP contribution in [0.3, 0.4) is 0 Å². The fourth-order valence-corrected chi connectivity index (χ4v) is 3.60. The Morgan fingerprint density at radius 3 is 2.15 bits per heavy atom. The molecule has 0 aliphatic heterocycles. The Labute approximate surface area is 160 Å². The predicted molar refractivity (Wildman–Crippen MR) is 107 cm³/mol. The third-order valence-electron chi connectivity index (χ3n) is 4.97. The van der Waals surface area contributed by atoms with Gasteiger partial charge in [-0.3, -0.25) is 0 Å². The van der Waals surface area contributed by atoms with E-state index in [4.69, 9.17) is 0 Å². The molecule has 0 heterocycles. The molecule has 27 heavy (non-hydrogen) atoms. The summed E-state index contributed by atoms with van der Waals surface area (Å²) in [4.78, 5) is 23.7. The first-order valence-electron chi connectivity index (χ1n) is 9.67. The zero-order chi connectivity index (χ0) is 19.8. The highest BCUT2D eigenvalue weighted by molar-refractivity contribution is 6.03. The lowest BCUT2D eigenvalue weighted by Gasteiger charge is -2.19. The Kier molecular flexibility index (Phi) is 7.59. The monoisotopic (exact) mass is 368 g/mol. The number of aryl methyl sites for hydroxylation is 1. The van der Waals surface area contributed by atoms with E-state index in [-0.39, 0.29) is 11.1 Å². The molecule has 0 aliphatic carbocycles. The van der Waals surface area contributed by atoms with Crippen LogP contribution in [0.25, 0.3) is 0 Å². The summed E-state index contributed by atoms with van der Waals surface area (Å²) in [6.45, 7) is 4.14. The first-order valence-corrected chi connectivity index (χ1v) is 9.67. The molecule has 0 fully saturated rings. The van der Waals surface area contributed by atoms with Crippen LogP contribution in [0.1, 0.15) is 82.5 Å². The minimum atomic E-state index is -1.19. The minimum Gasteiger partial charge on any atom is -0.478 e. The van der Waals surface area contributed by atoms with Gasteiger partial charge in [-0.05, 0) is 54.0 Å². The molecule has 144 valence electrons. The van der Waals surface area contributed by atoms with Crippen molar-refractivity contribution in [1.29, 1.82) is 0 Å². The van der Waals surface area contributed by atoms with Gasteiger partial charge in [-0.1, -0.05) is 63.4 Å². The summed E-state index contributed by atoms with van der Waals surface area (Å²) in [6.07, 6.45) is 6.25. The molecule has 0 saturated carbocycles. The minimum absolute atomic E-state index is 0.0611. The zero-order valence-corrected chi connectivity index (χ0v) is 16.1. The largest absolute Gasteiger partial charge is 0.478 e. The Hall–Kier alpha value is -2.62. The molecular weight excluding hydrogens is 340 g/mol. The van der Waals surface area contributed by atoms with Crippen LogP contribution in [0.4, 0.5) is 0 Å². The Bertz CT molecular complexity index is 794. The van der Waals surface area contributed by atoms with Crippen molar-refractivity contribution in [3.05, 3.63) is 69.8 Å². The smallest absolute Gasteiger partial charge is 0.336 e. The molecule has 0 radical (unpaired) electrons. The van der Waals surface area contributed by atoms with E-state index in [1.165, 1.54) is 0 Å². The van der Waals surface area contributed by atoms with Crippen molar-refractivity contribution in [3.63, 3.8) is 0 Å². The maximum absolute atomic E-state index is 12.0. The van der Waals surface area contributed by atoms with E-state index in [0.717, 1.165) is 48.8 Å². The van der Waals surface area contributed by atoms with Crippen LogP contribution in [0.15, 0.2) is 36.4 Å². The molecule has 2 aromatic rings. The molecule has 2 N–H and O–H groups in total. The molecule has 0 aliphatic rings. The van der Waals surface area contributed by atoms with E-state index in [0.29, 0.717) is 18.4 Å². The molecule has 0 atom stereocenters. The normalized spacial score (nSPS) is 10.7. The second-order valence-corrected chi connectivity index (χ2v) is 6.85. The van der Waals surface area contributed by atoms with Crippen LogP contribution < -0.4 is 0 Å². The Balaban J connectivity index is 2.61. The average Bonchev–Trinajstić information content (AvgIpc) is 2.65. The van der Waals surface area contributed by atoms with Gasteiger partial charge in [-0.15, -0.1) is 0 Å². The Morgan fingerprint density at radius 1 is 0.889 bits per heavy atom. The van der Waals surface area contributed by atoms with Crippen molar-refractivity contribution in [1.82, 2.24) is 0 Å². The summed E-state index contributed by atoms with van der Waals surface area (Å²) >= 11 is 0. The standard InChI is InChI=1S/C23H28O4/c1-3-5-6-10-13-18-17(4-2)15-20(22(24)25)21(23(26)27)19(18)14-16-11-8-7-9-12-16/h7-9,11-12,15H,3-6,10,13-14H2,1-2H3,(H,24,25)(H,26,27). The summed E-state index contributed by atoms with van der Waals surface area (Å²) in [5.41, 5.74) is 3.43. The molecule has 4 nitrogen and oxygen atoms in total. The van der Waals surface area contributed by atoms with E-state index >= 15 is 0 Å². The molecule has 0 amide bonds. The van der Waals surface area contributed by atoms with Gasteiger partial charge < -0.3 is 10.2 Å². The van der Waals surface area contributed by atoms with Gasteiger partial charge in [-0.2, -0.15) is 0 Å². The maximum atomic E-state index is 12.0. The summed E-state index contributed by atoms with van der Waals surface area (Å²) < 4.78 is 0. The predicted octanol–water partition coefficient (Wildman–Crippen LogP) is 5.36. The van der Waals surface area contributed by atoms with Crippen molar-refractivity contribution in [2.24, 2.45) is 0 Å². The first kappa shape index (κ1) is 20.7. The van der Waals surface area contributed by atoms with Crippen molar-refractivity contribution in [2.45, 2.75) is 58.8 Å². The molecule has 4 heteroatoms. The molecule has 0 aromatic heterocycles. The van der Waals surface area contributed by atoms with Gasteiger partial charge in [0.1, 0.15) is 0 Å². The molecule has 0 bridgehead atoms. The van der Waals surface area contributed by atoms with Gasteiger partial charge in [0.2, 0.25) is 0 Å². The van der Waals surface area contributed by atoms with E-state index in [2.05, 4.69) is 6.92 Å². The number of hydrogen-bond donors (Lipinski definition) is 2. The molecular formula is C23H28O4. The summed E-state index contributed by atoms with van der Waals surface area (Å²) in [5.74, 6) is -2.36. The summed E-state index contributed by atoms with van der Waals surface area (Å²) in [7, 11) is 0. The van der Waals surface area contributed by atoms with Crippen LogP contribution in [0.5, 0.6) is 0 Å². The number of hydrogen-bond acceptors (Lipinski definition) is 2. The van der Waals surface area contributed by atoms with Crippen LogP contribution >= 0.6 is 0 Å². The van der Waals surface area contributed by atoms with Gasteiger partial charge in [0.15, 0.2) is 0 Å². The van der Waals surface area contributed by atoms with Crippen LogP contribution in [0.2, 0.25) is 0 Å². The van der Waals surface area contributed by atoms with E-state index in [1.54, 1.807) is 6.07 Å². The van der Waals surface area contributed by atoms with Gasteiger partial charge in [-0.25, -0.2) is 9.59 Å². The molecule has 0 spiro atoms. The number of aromatic carboxylic acids is 2. The highest BCUT2D eigenvalue weighted by atomic mass is 16.4. The van der Waals surface area contributed by atoms with E-state index in [1.807, 2.05) is 37.3 Å². The topological polar surface area (TPSA) is 74.6 Å². The average molecular weight is 368 g/mol. The highest BCUT2D eigenvalue weighted by Gasteiger charge is 2.25. The van der Waals surface area contributed by atoms with Gasteiger partial charge in [0.25, 0.3) is 0 Å². The number of carboxylic acids is 2. The lowest BCUT2D eigenvalue weighted by atomic mass is 9.85. The van der Waals surface area contributed by atoms with Gasteiger partial charge >= 0.3 is 11.9 Å². The number of carbonyl (C=O) groups is 2. The van der Waals surface area contributed by atoms with Crippen molar-refractivity contribution in [2.75, 3.05) is 0 Å². The molecule has 2 rings (SSSR count). The molecule has 0 saturated heterocycles. The molecule has 2 aromatic carbocycles. The quantitative estimate of drug-likeness (QED) is 0.554. The fourth-order valence-electron chi connectivity index (χ4n) is 3.60. The fraction of sp³-hybridized carbons (Fsp3) is 0.391. The third-order valence-corrected chi connectivity index (χ3v) is 4.97. The highest BCUT2D eigenvalue weighted by Crippen LogP contribution is 2.29. The van der Waals surface area contributed by atoms with Gasteiger partial charge in [0, 0.05) is 0 Å². The van der Waals surface area contributed by atoms with Crippen LogP contribution in [-0.4, -0.2) is 22.2 Å². The number of benzene rings is 2. The second kappa shape index (κ2) is 9.91. The summed E-state index contributed by atoms with van der Waals surface area (Å²) in [5, 5.41) is 19.4. The number of unbranched alkanes of at least 4 members (excludes halogenated alkanes) is 3. The first-order chi connectivity index (χ1) is 13.0. The third kappa shape index (κ3) is 5.19. The van der Waals surface area contributed by atoms with E-state index < -0.39 is 11.9 Å². The van der Waals surface area contributed by atoms with Crippen LogP contribution in [-0.2, 0) is 19.3 Å². The lowest BCUT2D eigenvalue weighted by Crippen LogP contribution is -2.16. The lowest BCUT2D eigenvalue weighted by molar-refractivity contribution is 0.0650. The maximum Gasteiger partial charge on any atom is 0.336 e. The van der Waals surface area contributed by atoms with Crippen molar-refractivity contribution in [3.8, 4) is 0 Å². The number of rotatable bonds is 10. The second-order valence-electron chi connectivity index (χ2n) is 6.85. The molecule has 0 unspecified atom stereocenters. The SMILES string of the molecule is CCCCCCc1c(CC)cc(C(=O)O)c(C(=O)O)c1Cc1ccccc1. The van der Waals surface area contributed by atoms with E-state index in [9.17, 15) is 19.8 Å². The summed E-state index contributed by atoms with van der Waals surface area (Å²) in [6, 6.07) is 11.2. The zero-order valence-electron chi connectivity index (χ0n) is 16.1.